The number of benzene rings is 1. The number of carboxylic acid groups (broad SMARTS) is 1. The van der Waals surface area contributed by atoms with Gasteiger partial charge in [0.25, 0.3) is 0 Å². The van der Waals surface area contributed by atoms with Gasteiger partial charge in [0.2, 0.25) is 0 Å². The van der Waals surface area contributed by atoms with Crippen molar-refractivity contribution in [1.29, 1.82) is 0 Å². The van der Waals surface area contributed by atoms with E-state index in [0.717, 1.165) is 31.5 Å². The standard InChI is InChI=1S/C15H21FN2O2.ClH/c1-17(11-15(19)20)13-6-8-18(9-7-13)10-12-4-2-3-5-14(12)16;/h2-5,13H,6-11H2,1H3,(H,19,20);1H. The van der Waals surface area contributed by atoms with Crippen molar-refractivity contribution in [3.8, 4) is 0 Å². The molecule has 1 saturated heterocycles. The summed E-state index contributed by atoms with van der Waals surface area (Å²) < 4.78 is 13.6. The summed E-state index contributed by atoms with van der Waals surface area (Å²) in [6.07, 6.45) is 1.86. The monoisotopic (exact) mass is 316 g/mol. The molecule has 0 bridgehead atoms. The van der Waals surface area contributed by atoms with Gasteiger partial charge in [-0.1, -0.05) is 18.2 Å². The number of rotatable bonds is 5. The van der Waals surface area contributed by atoms with E-state index in [1.54, 1.807) is 6.07 Å². The van der Waals surface area contributed by atoms with E-state index in [4.69, 9.17) is 5.11 Å². The summed E-state index contributed by atoms with van der Waals surface area (Å²) in [5.41, 5.74) is 0.727. The van der Waals surface area contributed by atoms with Crippen molar-refractivity contribution in [2.75, 3.05) is 26.7 Å². The predicted molar refractivity (Wildman–Crippen MR) is 82.2 cm³/mol. The molecule has 2 rings (SSSR count). The molecule has 1 fully saturated rings. The lowest BCUT2D eigenvalue weighted by Gasteiger charge is -2.36. The Kier molecular flexibility index (Phi) is 7.08. The Hall–Kier alpha value is -1.17. The summed E-state index contributed by atoms with van der Waals surface area (Å²) in [5.74, 6) is -0.945. The van der Waals surface area contributed by atoms with Crippen molar-refractivity contribution in [1.82, 2.24) is 9.80 Å². The van der Waals surface area contributed by atoms with Crippen LogP contribution in [0.5, 0.6) is 0 Å². The minimum Gasteiger partial charge on any atom is -0.480 e. The van der Waals surface area contributed by atoms with Gasteiger partial charge in [0.1, 0.15) is 5.82 Å². The molecule has 0 saturated carbocycles. The molecule has 21 heavy (non-hydrogen) atoms. The second-order valence-corrected chi connectivity index (χ2v) is 5.41. The summed E-state index contributed by atoms with van der Waals surface area (Å²) >= 11 is 0. The molecule has 0 radical (unpaired) electrons. The van der Waals surface area contributed by atoms with Crippen LogP contribution in [0.1, 0.15) is 18.4 Å². The minimum absolute atomic E-state index is 0. The third-order valence-corrected chi connectivity index (χ3v) is 3.92. The molecule has 1 aromatic rings. The zero-order chi connectivity index (χ0) is 14.5. The lowest BCUT2D eigenvalue weighted by molar-refractivity contribution is -0.138. The van der Waals surface area contributed by atoms with Crippen LogP contribution >= 0.6 is 12.4 Å². The molecule has 0 spiro atoms. The molecule has 1 aliphatic rings. The van der Waals surface area contributed by atoms with Gasteiger partial charge < -0.3 is 5.11 Å². The van der Waals surface area contributed by atoms with Crippen molar-refractivity contribution in [3.63, 3.8) is 0 Å². The van der Waals surface area contributed by atoms with Gasteiger partial charge in [-0.2, -0.15) is 0 Å². The first-order valence-electron chi connectivity index (χ1n) is 6.94. The Morgan fingerprint density at radius 2 is 2.00 bits per heavy atom. The lowest BCUT2D eigenvalue weighted by Crippen LogP contribution is -2.44. The van der Waals surface area contributed by atoms with Crippen LogP contribution in [0.15, 0.2) is 24.3 Å². The van der Waals surface area contributed by atoms with Gasteiger partial charge in [-0.15, -0.1) is 12.4 Å². The maximum atomic E-state index is 13.6. The van der Waals surface area contributed by atoms with Gasteiger partial charge in [-0.25, -0.2) is 4.39 Å². The van der Waals surface area contributed by atoms with Crippen molar-refractivity contribution in [2.24, 2.45) is 0 Å². The summed E-state index contributed by atoms with van der Waals surface area (Å²) in [5, 5.41) is 8.80. The van der Waals surface area contributed by atoms with Crippen LogP contribution in [0.25, 0.3) is 0 Å². The van der Waals surface area contributed by atoms with E-state index >= 15 is 0 Å². The molecule has 118 valence electrons. The Labute approximate surface area is 131 Å². The number of carbonyl (C=O) groups is 1. The number of hydrogen-bond donors (Lipinski definition) is 1. The first-order valence-corrected chi connectivity index (χ1v) is 6.94. The largest absolute Gasteiger partial charge is 0.480 e. The van der Waals surface area contributed by atoms with Gasteiger partial charge in [0.15, 0.2) is 0 Å². The van der Waals surface area contributed by atoms with E-state index in [-0.39, 0.29) is 24.8 Å². The first kappa shape index (κ1) is 17.9. The Balaban J connectivity index is 0.00000220. The maximum Gasteiger partial charge on any atom is 0.317 e. The molecule has 4 nitrogen and oxygen atoms in total. The summed E-state index contributed by atoms with van der Waals surface area (Å²) in [6, 6.07) is 7.17. The average Bonchev–Trinajstić information content (AvgIpc) is 2.41. The van der Waals surface area contributed by atoms with Crippen molar-refractivity contribution < 1.29 is 14.3 Å². The van der Waals surface area contributed by atoms with Gasteiger partial charge in [0.05, 0.1) is 6.54 Å². The molecular formula is C15H22ClFN2O2. The summed E-state index contributed by atoms with van der Waals surface area (Å²) in [7, 11) is 1.85. The van der Waals surface area contributed by atoms with Crippen LogP contribution in [0.3, 0.4) is 0 Å². The highest BCUT2D eigenvalue weighted by atomic mass is 35.5. The number of likely N-dealkylation sites (tertiary alicyclic amines) is 1. The second-order valence-electron chi connectivity index (χ2n) is 5.41. The van der Waals surface area contributed by atoms with Gasteiger partial charge in [-0.05, 0) is 39.0 Å². The molecule has 1 aliphatic heterocycles. The number of aliphatic carboxylic acids is 1. The number of carboxylic acids is 1. The van der Waals surface area contributed by atoms with Crippen LogP contribution in [-0.2, 0) is 11.3 Å². The number of halogens is 2. The fraction of sp³-hybridized carbons (Fsp3) is 0.533. The second kappa shape index (κ2) is 8.32. The van der Waals surface area contributed by atoms with Gasteiger partial charge in [-0.3, -0.25) is 14.6 Å². The number of hydrogen-bond acceptors (Lipinski definition) is 3. The van der Waals surface area contributed by atoms with E-state index in [9.17, 15) is 9.18 Å². The Morgan fingerprint density at radius 3 is 2.57 bits per heavy atom. The fourth-order valence-electron chi connectivity index (χ4n) is 2.73. The molecule has 6 heteroatoms. The molecule has 0 aliphatic carbocycles. The lowest BCUT2D eigenvalue weighted by atomic mass is 10.0. The molecule has 0 unspecified atom stereocenters. The predicted octanol–water partition coefficient (Wildman–Crippen LogP) is 2.23. The van der Waals surface area contributed by atoms with Gasteiger partial charge in [0, 0.05) is 18.2 Å². The molecule has 1 N–H and O–H groups in total. The summed E-state index contributed by atoms with van der Waals surface area (Å²) in [4.78, 5) is 14.8. The fourth-order valence-corrected chi connectivity index (χ4v) is 2.73. The van der Waals surface area contributed by atoms with E-state index < -0.39 is 5.97 Å². The SMILES string of the molecule is CN(CC(=O)O)C1CCN(Cc2ccccc2F)CC1.Cl. The van der Waals surface area contributed by atoms with E-state index in [1.165, 1.54) is 6.07 Å². The highest BCUT2D eigenvalue weighted by Gasteiger charge is 2.23. The van der Waals surface area contributed by atoms with Crippen LogP contribution in [-0.4, -0.2) is 53.6 Å². The van der Waals surface area contributed by atoms with Crippen LogP contribution < -0.4 is 0 Å². The number of nitrogens with zero attached hydrogens (tertiary/aromatic N) is 2. The average molecular weight is 317 g/mol. The Morgan fingerprint density at radius 1 is 1.38 bits per heavy atom. The van der Waals surface area contributed by atoms with Crippen LogP contribution in [0.2, 0.25) is 0 Å². The Bertz CT molecular complexity index is 465. The zero-order valence-electron chi connectivity index (χ0n) is 12.2. The highest BCUT2D eigenvalue weighted by Crippen LogP contribution is 2.18. The topological polar surface area (TPSA) is 43.8 Å². The molecule has 1 aromatic carbocycles. The third kappa shape index (κ3) is 5.26. The van der Waals surface area contributed by atoms with E-state index in [1.807, 2.05) is 24.1 Å². The summed E-state index contributed by atoms with van der Waals surface area (Å²) in [6.45, 7) is 2.46. The molecule has 1 heterocycles. The smallest absolute Gasteiger partial charge is 0.317 e. The maximum absolute atomic E-state index is 13.6. The van der Waals surface area contributed by atoms with Crippen molar-refractivity contribution in [2.45, 2.75) is 25.4 Å². The molecule has 0 atom stereocenters. The normalized spacial score (nSPS) is 16.7. The van der Waals surface area contributed by atoms with Crippen LogP contribution in [0.4, 0.5) is 4.39 Å². The van der Waals surface area contributed by atoms with Crippen LogP contribution in [0, 0.1) is 5.82 Å². The molecule has 0 aromatic heterocycles. The molecular weight excluding hydrogens is 295 g/mol. The third-order valence-electron chi connectivity index (χ3n) is 3.92. The van der Waals surface area contributed by atoms with Gasteiger partial charge >= 0.3 is 5.97 Å². The van der Waals surface area contributed by atoms with E-state index in [2.05, 4.69) is 4.90 Å². The number of likely N-dealkylation sites (N-methyl/N-ethyl adjacent to an activating group) is 1. The number of piperidine rings is 1. The van der Waals surface area contributed by atoms with Crippen molar-refractivity contribution >= 4 is 18.4 Å². The molecule has 0 amide bonds. The van der Waals surface area contributed by atoms with E-state index in [0.29, 0.717) is 12.6 Å². The quantitative estimate of drug-likeness (QED) is 0.904. The zero-order valence-corrected chi connectivity index (χ0v) is 13.0. The first-order chi connectivity index (χ1) is 9.56. The van der Waals surface area contributed by atoms with Crippen molar-refractivity contribution in [3.05, 3.63) is 35.6 Å². The highest BCUT2D eigenvalue weighted by molar-refractivity contribution is 5.85. The minimum atomic E-state index is -0.790.